The highest BCUT2D eigenvalue weighted by Gasteiger charge is 2.40. The molecule has 2 aliphatic rings. The maximum Gasteiger partial charge on any atom is 0.310 e. The zero-order chi connectivity index (χ0) is 20.1. The Morgan fingerprint density at radius 3 is 2.27 bits per heavy atom. The van der Waals surface area contributed by atoms with E-state index in [1.54, 1.807) is 19.4 Å². The van der Waals surface area contributed by atoms with Crippen LogP contribution in [0.4, 0.5) is 0 Å². The van der Waals surface area contributed by atoms with Crippen molar-refractivity contribution in [2.45, 2.75) is 77.4 Å². The van der Waals surface area contributed by atoms with Gasteiger partial charge in [-0.15, -0.1) is 24.8 Å². The lowest BCUT2D eigenvalue weighted by atomic mass is 9.88. The minimum absolute atomic E-state index is 0. The molecule has 1 aromatic rings. The van der Waals surface area contributed by atoms with E-state index in [4.69, 9.17) is 0 Å². The summed E-state index contributed by atoms with van der Waals surface area (Å²) in [7, 11) is 0. The zero-order valence-corrected chi connectivity index (χ0v) is 20.0. The van der Waals surface area contributed by atoms with E-state index >= 15 is 0 Å². The van der Waals surface area contributed by atoms with Crippen molar-refractivity contribution >= 4 is 36.9 Å². The van der Waals surface area contributed by atoms with Crippen LogP contribution in [0, 0.1) is 11.3 Å². The van der Waals surface area contributed by atoms with Crippen molar-refractivity contribution in [2.24, 2.45) is 11.3 Å². The fourth-order valence-electron chi connectivity index (χ4n) is 4.27. The number of halogens is 2. The van der Waals surface area contributed by atoms with Gasteiger partial charge >= 0.3 is 5.97 Å². The molecule has 2 saturated carbocycles. The third-order valence-electron chi connectivity index (χ3n) is 6.42. The molecular formula is C24H38Cl2N2O2. The second-order valence-corrected chi connectivity index (χ2v) is 9.22. The molecule has 0 bridgehead atoms. The van der Waals surface area contributed by atoms with Crippen LogP contribution in [0.1, 0.15) is 64.9 Å². The van der Waals surface area contributed by atoms with Crippen LogP contribution in [0.15, 0.2) is 35.9 Å². The second-order valence-electron chi connectivity index (χ2n) is 9.22. The fraction of sp³-hybridized carbons (Fsp3) is 0.625. The Kier molecular flexibility index (Phi) is 10.9. The maximum absolute atomic E-state index is 11.2. The van der Waals surface area contributed by atoms with E-state index in [9.17, 15) is 9.90 Å². The highest BCUT2D eigenvalue weighted by molar-refractivity contribution is 5.85. The normalized spacial score (nSPS) is 26.3. The van der Waals surface area contributed by atoms with Gasteiger partial charge in [-0.05, 0) is 63.9 Å². The third-order valence-corrected chi connectivity index (χ3v) is 6.42. The molecule has 2 atom stereocenters. The minimum Gasteiger partial charge on any atom is -0.481 e. The molecule has 0 aliphatic heterocycles. The van der Waals surface area contributed by atoms with E-state index in [1.807, 2.05) is 0 Å². The van der Waals surface area contributed by atoms with Crippen LogP contribution in [-0.4, -0.2) is 35.7 Å². The SMILES string of the molecule is CC/C(=C\c1ccccc1)C1CC1N[C@H]1CC[C@@H](NCC(C)(C)C(=O)O)CC1.Cl.Cl. The van der Waals surface area contributed by atoms with E-state index in [1.165, 1.54) is 24.8 Å². The molecule has 0 radical (unpaired) electrons. The predicted molar refractivity (Wildman–Crippen MR) is 130 cm³/mol. The molecule has 2 aliphatic carbocycles. The number of benzene rings is 1. The standard InChI is InChI=1S/C24H36N2O2.2ClH/c1-4-18(14-17-8-6-5-7-9-17)21-15-22(21)26-20-12-10-19(11-13-20)25-16-24(2,3)23(27)28;;/h5-9,14,19-22,25-26H,4,10-13,15-16H2,1-3H3,(H,27,28);2*1H/b18-14+;;/t19-,20+,21?,22?;;. The molecule has 4 nitrogen and oxygen atoms in total. The largest absolute Gasteiger partial charge is 0.481 e. The Morgan fingerprint density at radius 2 is 1.70 bits per heavy atom. The molecular weight excluding hydrogens is 419 g/mol. The summed E-state index contributed by atoms with van der Waals surface area (Å²) in [5.41, 5.74) is 2.17. The number of carboxylic acids is 1. The zero-order valence-electron chi connectivity index (χ0n) is 18.4. The average molecular weight is 457 g/mol. The highest BCUT2D eigenvalue weighted by atomic mass is 35.5. The lowest BCUT2D eigenvalue weighted by molar-refractivity contribution is -0.146. The maximum atomic E-state index is 11.2. The summed E-state index contributed by atoms with van der Waals surface area (Å²) in [5.74, 6) is -0.0390. The number of nitrogens with one attached hydrogen (secondary N) is 2. The van der Waals surface area contributed by atoms with Crippen LogP contribution in [0.2, 0.25) is 0 Å². The van der Waals surface area contributed by atoms with Crippen molar-refractivity contribution in [3.63, 3.8) is 0 Å². The van der Waals surface area contributed by atoms with Gasteiger partial charge in [0.2, 0.25) is 0 Å². The topological polar surface area (TPSA) is 61.4 Å². The van der Waals surface area contributed by atoms with Crippen LogP contribution in [0.3, 0.4) is 0 Å². The van der Waals surface area contributed by atoms with Gasteiger partial charge in [0, 0.05) is 24.7 Å². The Labute approximate surface area is 194 Å². The summed E-state index contributed by atoms with van der Waals surface area (Å²) < 4.78 is 0. The van der Waals surface area contributed by atoms with Gasteiger partial charge in [-0.2, -0.15) is 0 Å². The molecule has 0 aromatic heterocycles. The molecule has 6 heteroatoms. The lowest BCUT2D eigenvalue weighted by Crippen LogP contribution is -2.45. The molecule has 1 aromatic carbocycles. The number of aliphatic carboxylic acids is 1. The molecule has 3 rings (SSSR count). The van der Waals surface area contributed by atoms with Crippen LogP contribution in [-0.2, 0) is 4.79 Å². The van der Waals surface area contributed by atoms with Crippen molar-refractivity contribution in [1.29, 1.82) is 0 Å². The van der Waals surface area contributed by atoms with Gasteiger partial charge < -0.3 is 15.7 Å². The van der Waals surface area contributed by atoms with E-state index in [-0.39, 0.29) is 24.8 Å². The predicted octanol–water partition coefficient (Wildman–Crippen LogP) is 5.31. The highest BCUT2D eigenvalue weighted by Crippen LogP contribution is 2.40. The molecule has 0 saturated heterocycles. The van der Waals surface area contributed by atoms with Crippen LogP contribution >= 0.6 is 24.8 Å². The molecule has 2 unspecified atom stereocenters. The molecule has 3 N–H and O–H groups in total. The van der Waals surface area contributed by atoms with E-state index in [2.05, 4.69) is 54.0 Å². The summed E-state index contributed by atoms with van der Waals surface area (Å²) >= 11 is 0. The molecule has 30 heavy (non-hydrogen) atoms. The first kappa shape index (κ1) is 27.0. The van der Waals surface area contributed by atoms with Crippen LogP contribution in [0.5, 0.6) is 0 Å². The monoisotopic (exact) mass is 456 g/mol. The van der Waals surface area contributed by atoms with Gasteiger partial charge in [-0.3, -0.25) is 4.79 Å². The molecule has 0 amide bonds. The average Bonchev–Trinajstić information content (AvgIpc) is 3.45. The quantitative estimate of drug-likeness (QED) is 0.470. The summed E-state index contributed by atoms with van der Waals surface area (Å²) in [5, 5.41) is 16.6. The van der Waals surface area contributed by atoms with Crippen LogP contribution in [0.25, 0.3) is 6.08 Å². The van der Waals surface area contributed by atoms with E-state index in [0.29, 0.717) is 30.6 Å². The third kappa shape index (κ3) is 7.56. The van der Waals surface area contributed by atoms with Crippen molar-refractivity contribution < 1.29 is 9.90 Å². The van der Waals surface area contributed by atoms with Gasteiger partial charge in [0.05, 0.1) is 5.41 Å². The van der Waals surface area contributed by atoms with Crippen molar-refractivity contribution in [3.05, 3.63) is 41.5 Å². The second kappa shape index (κ2) is 12.1. The number of hydrogen-bond acceptors (Lipinski definition) is 3. The Bertz CT molecular complexity index is 686. The smallest absolute Gasteiger partial charge is 0.310 e. The Balaban J connectivity index is 0.00000225. The number of carboxylic acid groups (broad SMARTS) is 1. The lowest BCUT2D eigenvalue weighted by Gasteiger charge is -2.32. The summed E-state index contributed by atoms with van der Waals surface area (Å²) in [6.07, 6.45) is 9.37. The Morgan fingerprint density at radius 1 is 1.10 bits per heavy atom. The number of rotatable bonds is 9. The van der Waals surface area contributed by atoms with Gasteiger partial charge in [0.15, 0.2) is 0 Å². The minimum atomic E-state index is -0.731. The van der Waals surface area contributed by atoms with Gasteiger partial charge in [0.25, 0.3) is 0 Å². The number of carbonyl (C=O) groups is 1. The van der Waals surface area contributed by atoms with Crippen molar-refractivity contribution in [1.82, 2.24) is 10.6 Å². The first-order chi connectivity index (χ1) is 13.4. The molecule has 2 fully saturated rings. The molecule has 0 spiro atoms. The summed E-state index contributed by atoms with van der Waals surface area (Å²) in [4.78, 5) is 11.2. The Hall–Kier alpha value is -1.07. The fourth-order valence-corrected chi connectivity index (χ4v) is 4.27. The summed E-state index contributed by atoms with van der Waals surface area (Å²) in [6, 6.07) is 12.3. The van der Waals surface area contributed by atoms with E-state index in [0.717, 1.165) is 19.3 Å². The molecule has 170 valence electrons. The van der Waals surface area contributed by atoms with Gasteiger partial charge in [-0.25, -0.2) is 0 Å². The number of hydrogen-bond donors (Lipinski definition) is 3. The molecule has 0 heterocycles. The van der Waals surface area contributed by atoms with Crippen molar-refractivity contribution in [2.75, 3.05) is 6.54 Å². The summed E-state index contributed by atoms with van der Waals surface area (Å²) in [6.45, 7) is 6.38. The first-order valence-corrected chi connectivity index (χ1v) is 10.9. The first-order valence-electron chi connectivity index (χ1n) is 10.9. The van der Waals surface area contributed by atoms with Gasteiger partial charge in [-0.1, -0.05) is 48.9 Å². The van der Waals surface area contributed by atoms with Crippen molar-refractivity contribution in [3.8, 4) is 0 Å². The van der Waals surface area contributed by atoms with Gasteiger partial charge in [0.1, 0.15) is 0 Å². The van der Waals surface area contributed by atoms with Crippen LogP contribution < -0.4 is 10.6 Å². The van der Waals surface area contributed by atoms with E-state index < -0.39 is 11.4 Å².